The molecule has 1 aromatic rings. The zero-order chi connectivity index (χ0) is 17.7. The molecule has 2 amide bonds. The molecule has 0 radical (unpaired) electrons. The van der Waals surface area contributed by atoms with Crippen molar-refractivity contribution in [1.29, 1.82) is 0 Å². The number of hydrogen-bond acceptors (Lipinski definition) is 3. The molecule has 1 aliphatic heterocycles. The standard InChI is InChI=1S/C19H28N2O2S/c1-14(2)21-13-16(12-18(21)22)19(23)20(4)10-5-11-24-17-8-6-15(3)7-9-17/h6-9,14,16H,5,10-13H2,1-4H3/t16-/m1/s1. The van der Waals surface area contributed by atoms with E-state index in [9.17, 15) is 9.59 Å². The van der Waals surface area contributed by atoms with Crippen LogP contribution in [0.2, 0.25) is 0 Å². The molecule has 132 valence electrons. The van der Waals surface area contributed by atoms with Crippen LogP contribution in [0.15, 0.2) is 29.2 Å². The minimum Gasteiger partial charge on any atom is -0.345 e. The van der Waals surface area contributed by atoms with Gasteiger partial charge < -0.3 is 9.80 Å². The molecule has 1 aromatic carbocycles. The summed E-state index contributed by atoms with van der Waals surface area (Å²) in [6.07, 6.45) is 1.31. The number of carbonyl (C=O) groups excluding carboxylic acids is 2. The predicted octanol–water partition coefficient (Wildman–Crippen LogP) is 3.19. The van der Waals surface area contributed by atoms with Crippen molar-refractivity contribution in [2.45, 2.75) is 44.6 Å². The highest BCUT2D eigenvalue weighted by Crippen LogP contribution is 2.22. The monoisotopic (exact) mass is 348 g/mol. The summed E-state index contributed by atoms with van der Waals surface area (Å²) in [4.78, 5) is 29.3. The van der Waals surface area contributed by atoms with Crippen molar-refractivity contribution < 1.29 is 9.59 Å². The number of nitrogens with zero attached hydrogens (tertiary/aromatic N) is 2. The van der Waals surface area contributed by atoms with Crippen LogP contribution >= 0.6 is 11.8 Å². The number of likely N-dealkylation sites (tertiary alicyclic amines) is 1. The van der Waals surface area contributed by atoms with E-state index in [-0.39, 0.29) is 23.8 Å². The SMILES string of the molecule is Cc1ccc(SCCCN(C)C(=O)[C@@H]2CC(=O)N(C(C)C)C2)cc1. The fourth-order valence-electron chi connectivity index (χ4n) is 2.94. The summed E-state index contributed by atoms with van der Waals surface area (Å²) in [5.74, 6) is 1.02. The average molecular weight is 349 g/mol. The average Bonchev–Trinajstić information content (AvgIpc) is 2.94. The normalized spacial score (nSPS) is 17.6. The smallest absolute Gasteiger partial charge is 0.227 e. The maximum absolute atomic E-state index is 12.5. The Bertz CT molecular complexity index is 571. The van der Waals surface area contributed by atoms with Crippen LogP contribution in [0, 0.1) is 12.8 Å². The molecule has 1 saturated heterocycles. The van der Waals surface area contributed by atoms with E-state index in [1.807, 2.05) is 37.6 Å². The Balaban J connectivity index is 1.72. The van der Waals surface area contributed by atoms with Crippen LogP contribution < -0.4 is 0 Å². The van der Waals surface area contributed by atoms with Crippen LogP contribution in [0.4, 0.5) is 0 Å². The molecule has 2 rings (SSSR count). The first-order chi connectivity index (χ1) is 11.4. The summed E-state index contributed by atoms with van der Waals surface area (Å²) in [6, 6.07) is 8.69. The molecule has 0 spiro atoms. The van der Waals surface area contributed by atoms with Crippen molar-refractivity contribution in [1.82, 2.24) is 9.80 Å². The van der Waals surface area contributed by atoms with Crippen LogP contribution in [-0.4, -0.2) is 53.5 Å². The molecule has 1 aliphatic rings. The van der Waals surface area contributed by atoms with Gasteiger partial charge in [-0.1, -0.05) is 17.7 Å². The van der Waals surface area contributed by atoms with E-state index in [4.69, 9.17) is 0 Å². The number of carbonyl (C=O) groups is 2. The molecule has 0 bridgehead atoms. The Morgan fingerprint density at radius 2 is 2.00 bits per heavy atom. The van der Waals surface area contributed by atoms with Gasteiger partial charge in [0.25, 0.3) is 0 Å². The molecule has 1 fully saturated rings. The van der Waals surface area contributed by atoms with E-state index in [0.717, 1.165) is 18.7 Å². The molecular formula is C19H28N2O2S. The molecule has 5 heteroatoms. The van der Waals surface area contributed by atoms with Gasteiger partial charge in [0.05, 0.1) is 5.92 Å². The Kier molecular flexibility index (Phi) is 6.72. The Hall–Kier alpha value is -1.49. The fraction of sp³-hybridized carbons (Fsp3) is 0.579. The number of thioether (sulfide) groups is 1. The third-order valence-electron chi connectivity index (χ3n) is 4.43. The second kappa shape index (κ2) is 8.56. The molecular weight excluding hydrogens is 320 g/mol. The zero-order valence-corrected chi connectivity index (χ0v) is 15.9. The van der Waals surface area contributed by atoms with Crippen molar-refractivity contribution >= 4 is 23.6 Å². The van der Waals surface area contributed by atoms with E-state index in [1.54, 1.807) is 4.90 Å². The zero-order valence-electron chi connectivity index (χ0n) is 15.1. The molecule has 1 atom stereocenters. The lowest BCUT2D eigenvalue weighted by molar-refractivity contribution is -0.134. The minimum atomic E-state index is -0.172. The van der Waals surface area contributed by atoms with Crippen LogP contribution in [0.3, 0.4) is 0 Å². The van der Waals surface area contributed by atoms with Gasteiger partial charge >= 0.3 is 0 Å². The van der Waals surface area contributed by atoms with Gasteiger partial charge in [0.2, 0.25) is 11.8 Å². The Morgan fingerprint density at radius 3 is 2.58 bits per heavy atom. The molecule has 0 saturated carbocycles. The highest BCUT2D eigenvalue weighted by molar-refractivity contribution is 7.99. The van der Waals surface area contributed by atoms with Gasteiger partial charge in [0, 0.05) is 37.5 Å². The molecule has 4 nitrogen and oxygen atoms in total. The van der Waals surface area contributed by atoms with Crippen LogP contribution in [0.1, 0.15) is 32.3 Å². The summed E-state index contributed by atoms with van der Waals surface area (Å²) in [5, 5.41) is 0. The topological polar surface area (TPSA) is 40.6 Å². The van der Waals surface area contributed by atoms with Gasteiger partial charge in [-0.05, 0) is 45.1 Å². The minimum absolute atomic E-state index is 0.103. The second-order valence-corrected chi connectivity index (χ2v) is 7.98. The van der Waals surface area contributed by atoms with Gasteiger partial charge in [-0.2, -0.15) is 0 Å². The number of aryl methyl sites for hydroxylation is 1. The third-order valence-corrected chi connectivity index (χ3v) is 5.53. The maximum atomic E-state index is 12.5. The van der Waals surface area contributed by atoms with Crippen LogP contribution in [0.5, 0.6) is 0 Å². The van der Waals surface area contributed by atoms with Crippen LogP contribution in [-0.2, 0) is 9.59 Å². The molecule has 24 heavy (non-hydrogen) atoms. The lowest BCUT2D eigenvalue weighted by Gasteiger charge is -2.23. The van der Waals surface area contributed by atoms with Gasteiger partial charge in [0.15, 0.2) is 0 Å². The summed E-state index contributed by atoms with van der Waals surface area (Å²) in [7, 11) is 1.85. The van der Waals surface area contributed by atoms with Crippen molar-refractivity contribution in [2.75, 3.05) is 25.9 Å². The van der Waals surface area contributed by atoms with Crippen molar-refractivity contribution in [3.8, 4) is 0 Å². The first-order valence-corrected chi connectivity index (χ1v) is 9.61. The number of benzene rings is 1. The summed E-state index contributed by atoms with van der Waals surface area (Å²) in [5.41, 5.74) is 1.27. The number of amides is 2. The highest BCUT2D eigenvalue weighted by atomic mass is 32.2. The van der Waals surface area contributed by atoms with E-state index in [1.165, 1.54) is 10.5 Å². The molecule has 0 N–H and O–H groups in total. The fourth-order valence-corrected chi connectivity index (χ4v) is 3.78. The van der Waals surface area contributed by atoms with Gasteiger partial charge in [-0.3, -0.25) is 9.59 Å². The lowest BCUT2D eigenvalue weighted by Crippen LogP contribution is -2.37. The maximum Gasteiger partial charge on any atom is 0.227 e. The van der Waals surface area contributed by atoms with E-state index in [0.29, 0.717) is 13.0 Å². The van der Waals surface area contributed by atoms with E-state index >= 15 is 0 Å². The Morgan fingerprint density at radius 1 is 1.33 bits per heavy atom. The van der Waals surface area contributed by atoms with E-state index < -0.39 is 0 Å². The molecule has 0 unspecified atom stereocenters. The summed E-state index contributed by atoms with van der Waals surface area (Å²) < 4.78 is 0. The lowest BCUT2D eigenvalue weighted by atomic mass is 10.1. The largest absolute Gasteiger partial charge is 0.345 e. The first kappa shape index (κ1) is 18.8. The number of hydrogen-bond donors (Lipinski definition) is 0. The number of rotatable bonds is 7. The molecule has 1 heterocycles. The van der Waals surface area contributed by atoms with Gasteiger partial charge in [-0.15, -0.1) is 11.8 Å². The molecule has 0 aliphatic carbocycles. The first-order valence-electron chi connectivity index (χ1n) is 8.62. The Labute approximate surface area is 149 Å². The van der Waals surface area contributed by atoms with Gasteiger partial charge in [0.1, 0.15) is 0 Å². The van der Waals surface area contributed by atoms with Crippen molar-refractivity contribution in [3.05, 3.63) is 29.8 Å². The summed E-state index contributed by atoms with van der Waals surface area (Å²) >= 11 is 1.82. The third kappa shape index (κ3) is 5.00. The van der Waals surface area contributed by atoms with Crippen molar-refractivity contribution in [3.63, 3.8) is 0 Å². The second-order valence-electron chi connectivity index (χ2n) is 6.82. The summed E-state index contributed by atoms with van der Waals surface area (Å²) in [6.45, 7) is 7.39. The quantitative estimate of drug-likeness (QED) is 0.561. The van der Waals surface area contributed by atoms with E-state index in [2.05, 4.69) is 31.2 Å². The highest BCUT2D eigenvalue weighted by Gasteiger charge is 2.36. The predicted molar refractivity (Wildman–Crippen MR) is 99.1 cm³/mol. The van der Waals surface area contributed by atoms with Crippen LogP contribution in [0.25, 0.3) is 0 Å². The van der Waals surface area contributed by atoms with Crippen molar-refractivity contribution in [2.24, 2.45) is 5.92 Å². The van der Waals surface area contributed by atoms with Gasteiger partial charge in [-0.25, -0.2) is 0 Å². The molecule has 0 aromatic heterocycles.